The smallest absolute Gasteiger partial charge is 0.234 e. The molecule has 0 radical (unpaired) electrons. The average molecular weight is 302 g/mol. The number of carbonyl (C=O) groups excluding carboxylic acids is 1. The summed E-state index contributed by atoms with van der Waals surface area (Å²) in [5.41, 5.74) is 0. The maximum absolute atomic E-state index is 11.7. The molecule has 0 spiro atoms. The maximum atomic E-state index is 11.7. The number of aromatic nitrogens is 2. The summed E-state index contributed by atoms with van der Waals surface area (Å²) in [5, 5.41) is 10.1. The van der Waals surface area contributed by atoms with Gasteiger partial charge < -0.3 is 15.4 Å². The normalized spacial score (nSPS) is 11.9. The number of nitrogens with zero attached hydrogens (tertiary/aromatic N) is 2. The minimum atomic E-state index is -0.0380. The van der Waals surface area contributed by atoms with E-state index in [1.807, 2.05) is 54.2 Å². The number of nitrogens with one attached hydrogen (secondary N) is 2. The first-order valence-corrected chi connectivity index (χ1v) is 7.39. The Balaban J connectivity index is 1.54. The van der Waals surface area contributed by atoms with E-state index in [2.05, 4.69) is 15.7 Å². The molecule has 0 aliphatic heterocycles. The summed E-state index contributed by atoms with van der Waals surface area (Å²) in [5.74, 6) is 0.770. The third-order valence-corrected chi connectivity index (χ3v) is 3.07. The molecule has 0 aliphatic rings. The van der Waals surface area contributed by atoms with Crippen molar-refractivity contribution >= 4 is 5.91 Å². The maximum Gasteiger partial charge on any atom is 0.234 e. The SMILES string of the molecule is CC(Cn1cccn1)NCC(=O)NCCOc1ccccc1. The molecule has 6 heteroatoms. The lowest BCUT2D eigenvalue weighted by atomic mass is 10.3. The van der Waals surface area contributed by atoms with Crippen LogP contribution in [0.3, 0.4) is 0 Å². The summed E-state index contributed by atoms with van der Waals surface area (Å²) in [4.78, 5) is 11.7. The van der Waals surface area contributed by atoms with Crippen LogP contribution in [0, 0.1) is 0 Å². The van der Waals surface area contributed by atoms with Crippen molar-refractivity contribution in [3.63, 3.8) is 0 Å². The first kappa shape index (κ1) is 16.0. The zero-order valence-electron chi connectivity index (χ0n) is 12.7. The molecule has 1 heterocycles. The molecule has 0 bridgehead atoms. The second-order valence-corrected chi connectivity index (χ2v) is 5.02. The molecule has 0 aliphatic carbocycles. The molecule has 2 aromatic rings. The Morgan fingerprint density at radius 1 is 1.32 bits per heavy atom. The molecule has 1 aromatic heterocycles. The van der Waals surface area contributed by atoms with E-state index in [4.69, 9.17) is 4.74 Å². The van der Waals surface area contributed by atoms with Crippen molar-refractivity contribution in [2.45, 2.75) is 19.5 Å². The van der Waals surface area contributed by atoms with Crippen LogP contribution in [-0.4, -0.2) is 41.4 Å². The number of rotatable bonds is 9. The van der Waals surface area contributed by atoms with Crippen LogP contribution in [0.2, 0.25) is 0 Å². The van der Waals surface area contributed by atoms with Gasteiger partial charge in [-0.3, -0.25) is 9.48 Å². The van der Waals surface area contributed by atoms with E-state index in [0.717, 1.165) is 12.3 Å². The zero-order chi connectivity index (χ0) is 15.6. The standard InChI is InChI=1S/C16H22N4O2/c1-14(13-20-10-5-8-19-20)18-12-16(21)17-9-11-22-15-6-3-2-4-7-15/h2-8,10,14,18H,9,11-13H2,1H3,(H,17,21). The first-order chi connectivity index (χ1) is 10.7. The molecule has 1 unspecified atom stereocenters. The quantitative estimate of drug-likeness (QED) is 0.680. The highest BCUT2D eigenvalue weighted by Crippen LogP contribution is 2.07. The molecule has 1 amide bonds. The molecule has 2 N–H and O–H groups in total. The average Bonchev–Trinajstić information content (AvgIpc) is 3.03. The van der Waals surface area contributed by atoms with Crippen LogP contribution in [-0.2, 0) is 11.3 Å². The summed E-state index contributed by atoms with van der Waals surface area (Å²) >= 11 is 0. The predicted octanol–water partition coefficient (Wildman–Crippen LogP) is 1.06. The molecule has 0 saturated carbocycles. The second kappa shape index (κ2) is 8.84. The summed E-state index contributed by atoms with van der Waals surface area (Å²) in [7, 11) is 0. The Bertz CT molecular complexity index is 543. The van der Waals surface area contributed by atoms with E-state index >= 15 is 0 Å². The molecule has 2 rings (SSSR count). The first-order valence-electron chi connectivity index (χ1n) is 7.39. The van der Waals surface area contributed by atoms with Crippen LogP contribution >= 0.6 is 0 Å². The van der Waals surface area contributed by atoms with Crippen molar-refractivity contribution in [1.29, 1.82) is 0 Å². The van der Waals surface area contributed by atoms with Gasteiger partial charge in [0.1, 0.15) is 12.4 Å². The summed E-state index contributed by atoms with van der Waals surface area (Å²) in [6, 6.07) is 11.6. The van der Waals surface area contributed by atoms with Gasteiger partial charge in [0.15, 0.2) is 0 Å². The highest BCUT2D eigenvalue weighted by Gasteiger charge is 2.06. The Labute approximate surface area is 130 Å². The van der Waals surface area contributed by atoms with Crippen molar-refractivity contribution in [2.24, 2.45) is 0 Å². The predicted molar refractivity (Wildman–Crippen MR) is 84.6 cm³/mol. The van der Waals surface area contributed by atoms with E-state index in [1.54, 1.807) is 6.20 Å². The fourth-order valence-corrected chi connectivity index (χ4v) is 1.96. The Kier molecular flexibility index (Phi) is 6.44. The van der Waals surface area contributed by atoms with Crippen LogP contribution < -0.4 is 15.4 Å². The largest absolute Gasteiger partial charge is 0.492 e. The van der Waals surface area contributed by atoms with Gasteiger partial charge in [0, 0.05) is 18.4 Å². The second-order valence-electron chi connectivity index (χ2n) is 5.02. The summed E-state index contributed by atoms with van der Waals surface area (Å²) in [6.07, 6.45) is 3.64. The molecule has 0 saturated heterocycles. The number of ether oxygens (including phenoxy) is 1. The van der Waals surface area contributed by atoms with E-state index < -0.39 is 0 Å². The molecule has 0 fully saturated rings. The molecule has 1 atom stereocenters. The minimum absolute atomic E-state index is 0.0380. The van der Waals surface area contributed by atoms with Crippen molar-refractivity contribution in [1.82, 2.24) is 20.4 Å². The van der Waals surface area contributed by atoms with Crippen LogP contribution in [0.15, 0.2) is 48.8 Å². The molecular formula is C16H22N4O2. The van der Waals surface area contributed by atoms with Crippen LogP contribution in [0.4, 0.5) is 0 Å². The Morgan fingerprint density at radius 3 is 2.86 bits per heavy atom. The van der Waals surface area contributed by atoms with Gasteiger partial charge in [0.2, 0.25) is 5.91 Å². The molecular weight excluding hydrogens is 280 g/mol. The van der Waals surface area contributed by atoms with Crippen molar-refractivity contribution in [3.05, 3.63) is 48.8 Å². The van der Waals surface area contributed by atoms with Gasteiger partial charge in [-0.25, -0.2) is 0 Å². The van der Waals surface area contributed by atoms with E-state index in [0.29, 0.717) is 13.2 Å². The lowest BCUT2D eigenvalue weighted by Crippen LogP contribution is -2.40. The fraction of sp³-hybridized carbons (Fsp3) is 0.375. The lowest BCUT2D eigenvalue weighted by Gasteiger charge is -2.14. The fourth-order valence-electron chi connectivity index (χ4n) is 1.96. The van der Waals surface area contributed by atoms with Crippen LogP contribution in [0.25, 0.3) is 0 Å². The number of carbonyl (C=O) groups is 1. The Morgan fingerprint density at radius 2 is 2.14 bits per heavy atom. The van der Waals surface area contributed by atoms with Crippen LogP contribution in [0.5, 0.6) is 5.75 Å². The van der Waals surface area contributed by atoms with Crippen molar-refractivity contribution < 1.29 is 9.53 Å². The van der Waals surface area contributed by atoms with Crippen molar-refractivity contribution in [2.75, 3.05) is 19.7 Å². The molecule has 22 heavy (non-hydrogen) atoms. The number of hydrogen-bond donors (Lipinski definition) is 2. The zero-order valence-corrected chi connectivity index (χ0v) is 12.7. The van der Waals surface area contributed by atoms with E-state index in [1.165, 1.54) is 0 Å². The van der Waals surface area contributed by atoms with Gasteiger partial charge in [0.25, 0.3) is 0 Å². The van der Waals surface area contributed by atoms with Gasteiger partial charge in [-0.1, -0.05) is 18.2 Å². The van der Waals surface area contributed by atoms with Crippen LogP contribution in [0.1, 0.15) is 6.92 Å². The Hall–Kier alpha value is -2.34. The summed E-state index contributed by atoms with van der Waals surface area (Å²) < 4.78 is 7.34. The highest BCUT2D eigenvalue weighted by atomic mass is 16.5. The lowest BCUT2D eigenvalue weighted by molar-refractivity contribution is -0.120. The van der Waals surface area contributed by atoms with E-state index in [-0.39, 0.29) is 18.5 Å². The molecule has 6 nitrogen and oxygen atoms in total. The summed E-state index contributed by atoms with van der Waals surface area (Å²) in [6.45, 7) is 3.99. The topological polar surface area (TPSA) is 68.2 Å². The number of para-hydroxylation sites is 1. The molecule has 1 aromatic carbocycles. The van der Waals surface area contributed by atoms with Gasteiger partial charge in [0.05, 0.1) is 19.6 Å². The van der Waals surface area contributed by atoms with Gasteiger partial charge >= 0.3 is 0 Å². The van der Waals surface area contributed by atoms with E-state index in [9.17, 15) is 4.79 Å². The number of benzene rings is 1. The highest BCUT2D eigenvalue weighted by molar-refractivity contribution is 5.77. The van der Waals surface area contributed by atoms with Gasteiger partial charge in [-0.2, -0.15) is 5.10 Å². The third kappa shape index (κ3) is 5.97. The number of hydrogen-bond acceptors (Lipinski definition) is 4. The monoisotopic (exact) mass is 302 g/mol. The van der Waals surface area contributed by atoms with Gasteiger partial charge in [-0.15, -0.1) is 0 Å². The molecule has 118 valence electrons. The third-order valence-electron chi connectivity index (χ3n) is 3.07. The minimum Gasteiger partial charge on any atom is -0.492 e. The van der Waals surface area contributed by atoms with Gasteiger partial charge in [-0.05, 0) is 25.1 Å². The number of amides is 1. The van der Waals surface area contributed by atoms with Crippen molar-refractivity contribution in [3.8, 4) is 5.75 Å².